The first-order valence-electron chi connectivity index (χ1n) is 21.5. The molecule has 0 radical (unpaired) electrons. The second-order valence-electron chi connectivity index (χ2n) is 16.4. The van der Waals surface area contributed by atoms with E-state index in [1.807, 2.05) is 0 Å². The molecule has 4 heteroatoms. The van der Waals surface area contributed by atoms with Crippen molar-refractivity contribution in [3.05, 3.63) is 231 Å². The summed E-state index contributed by atoms with van der Waals surface area (Å²) in [6, 6.07) is 83.3. The zero-order valence-corrected chi connectivity index (χ0v) is 34.2. The summed E-state index contributed by atoms with van der Waals surface area (Å²) in [6.07, 6.45) is 0. The van der Waals surface area contributed by atoms with Crippen LogP contribution in [0.25, 0.3) is 116 Å². The number of hydrogen-bond donors (Lipinski definition) is 0. The van der Waals surface area contributed by atoms with Gasteiger partial charge in [-0.2, -0.15) is 0 Å². The van der Waals surface area contributed by atoms with Crippen LogP contribution in [0.1, 0.15) is 0 Å². The van der Waals surface area contributed by atoms with Gasteiger partial charge in [-0.15, -0.1) is 0 Å². The zero-order valence-electron chi connectivity index (χ0n) is 34.2. The maximum Gasteiger partial charge on any atom is 0.138 e. The Balaban J connectivity index is 1.03. The Labute approximate surface area is 363 Å². The molecule has 0 aliphatic carbocycles. The average Bonchev–Trinajstić information content (AvgIpc) is 3.99. The predicted octanol–water partition coefficient (Wildman–Crippen LogP) is 15.4. The SMILES string of the molecule is c1ccc(-c2cc(-c3ccccc3)nc(-n3c4ccccc4c4cc(-c5ccc6c(c5)c5cc7c(cc5n6-c5ccccc5)c5ccccc5n7-c5ccccc5)ccc43)c2)cc1. The summed E-state index contributed by atoms with van der Waals surface area (Å²) in [5.41, 5.74) is 16.0. The van der Waals surface area contributed by atoms with Gasteiger partial charge in [0.25, 0.3) is 0 Å². The molecule has 0 amide bonds. The summed E-state index contributed by atoms with van der Waals surface area (Å²) in [5.74, 6) is 0.892. The molecule has 0 fully saturated rings. The van der Waals surface area contributed by atoms with Crippen molar-refractivity contribution in [1.82, 2.24) is 18.7 Å². The Morgan fingerprint density at radius 2 is 0.651 bits per heavy atom. The van der Waals surface area contributed by atoms with Crippen LogP contribution in [0.4, 0.5) is 0 Å². The molecule has 294 valence electrons. The first-order chi connectivity index (χ1) is 31.2. The van der Waals surface area contributed by atoms with E-state index in [9.17, 15) is 0 Å². The minimum atomic E-state index is 0.892. The Morgan fingerprint density at radius 1 is 0.238 bits per heavy atom. The van der Waals surface area contributed by atoms with Crippen LogP contribution >= 0.6 is 0 Å². The van der Waals surface area contributed by atoms with Crippen LogP contribution in [-0.4, -0.2) is 18.7 Å². The summed E-state index contributed by atoms with van der Waals surface area (Å²) in [7, 11) is 0. The van der Waals surface area contributed by atoms with Gasteiger partial charge in [0.05, 0.1) is 38.8 Å². The van der Waals surface area contributed by atoms with Gasteiger partial charge in [0.15, 0.2) is 0 Å². The van der Waals surface area contributed by atoms with Gasteiger partial charge in [-0.05, 0) is 107 Å². The first-order valence-corrected chi connectivity index (χ1v) is 21.5. The number of nitrogens with zero attached hydrogens (tertiary/aromatic N) is 4. The molecule has 4 nitrogen and oxygen atoms in total. The maximum atomic E-state index is 5.36. The van der Waals surface area contributed by atoms with Crippen molar-refractivity contribution in [1.29, 1.82) is 0 Å². The lowest BCUT2D eigenvalue weighted by Crippen LogP contribution is -2.00. The number of benzene rings is 9. The predicted molar refractivity (Wildman–Crippen MR) is 264 cm³/mol. The van der Waals surface area contributed by atoms with Crippen molar-refractivity contribution >= 4 is 65.4 Å². The number of hydrogen-bond acceptors (Lipinski definition) is 1. The number of fused-ring (bicyclic) bond motifs is 9. The van der Waals surface area contributed by atoms with E-state index in [1.165, 1.54) is 65.5 Å². The van der Waals surface area contributed by atoms with E-state index in [0.717, 1.165) is 50.6 Å². The summed E-state index contributed by atoms with van der Waals surface area (Å²) < 4.78 is 7.18. The number of para-hydroxylation sites is 4. The minimum absolute atomic E-state index is 0.892. The zero-order chi connectivity index (χ0) is 41.4. The maximum absolute atomic E-state index is 5.36. The van der Waals surface area contributed by atoms with Crippen LogP contribution in [0.2, 0.25) is 0 Å². The van der Waals surface area contributed by atoms with Crippen LogP contribution in [0, 0.1) is 0 Å². The van der Waals surface area contributed by atoms with Gasteiger partial charge in [0, 0.05) is 49.3 Å². The fraction of sp³-hybridized carbons (Fsp3) is 0. The van der Waals surface area contributed by atoms with Gasteiger partial charge >= 0.3 is 0 Å². The molecule has 0 atom stereocenters. The van der Waals surface area contributed by atoms with Crippen molar-refractivity contribution in [2.75, 3.05) is 0 Å². The molecule has 0 saturated carbocycles. The topological polar surface area (TPSA) is 27.7 Å². The molecule has 0 saturated heterocycles. The summed E-state index contributed by atoms with van der Waals surface area (Å²) >= 11 is 0. The van der Waals surface area contributed by atoms with Crippen LogP contribution in [0.3, 0.4) is 0 Å². The highest BCUT2D eigenvalue weighted by Gasteiger charge is 2.20. The van der Waals surface area contributed by atoms with Crippen molar-refractivity contribution in [2.24, 2.45) is 0 Å². The minimum Gasteiger partial charge on any atom is -0.309 e. The van der Waals surface area contributed by atoms with Crippen molar-refractivity contribution < 1.29 is 0 Å². The highest BCUT2D eigenvalue weighted by Crippen LogP contribution is 2.42. The van der Waals surface area contributed by atoms with Crippen molar-refractivity contribution in [2.45, 2.75) is 0 Å². The molecule has 9 aromatic carbocycles. The lowest BCUT2D eigenvalue weighted by atomic mass is 10.00. The highest BCUT2D eigenvalue weighted by molar-refractivity contribution is 6.19. The third-order valence-corrected chi connectivity index (χ3v) is 12.8. The molecule has 0 aliphatic rings. The van der Waals surface area contributed by atoms with Gasteiger partial charge in [-0.3, -0.25) is 4.57 Å². The molecular formula is C59H38N4. The summed E-state index contributed by atoms with van der Waals surface area (Å²) in [4.78, 5) is 5.36. The van der Waals surface area contributed by atoms with E-state index in [2.05, 4.69) is 244 Å². The fourth-order valence-corrected chi connectivity index (χ4v) is 9.95. The van der Waals surface area contributed by atoms with E-state index in [-0.39, 0.29) is 0 Å². The molecule has 0 bridgehead atoms. The number of rotatable bonds is 6. The van der Waals surface area contributed by atoms with Gasteiger partial charge in [0.1, 0.15) is 5.82 Å². The molecular weight excluding hydrogens is 765 g/mol. The van der Waals surface area contributed by atoms with Crippen LogP contribution in [-0.2, 0) is 0 Å². The number of aromatic nitrogens is 4. The Bertz CT molecular complexity index is 3820. The van der Waals surface area contributed by atoms with Gasteiger partial charge < -0.3 is 9.13 Å². The van der Waals surface area contributed by atoms with Gasteiger partial charge in [-0.1, -0.05) is 146 Å². The van der Waals surface area contributed by atoms with Crippen LogP contribution in [0.5, 0.6) is 0 Å². The van der Waals surface area contributed by atoms with Crippen LogP contribution < -0.4 is 0 Å². The number of pyridine rings is 1. The van der Waals surface area contributed by atoms with Gasteiger partial charge in [0.2, 0.25) is 0 Å². The molecule has 63 heavy (non-hydrogen) atoms. The fourth-order valence-electron chi connectivity index (χ4n) is 9.95. The standard InChI is InChI=1S/C59H38N4/c1-5-17-39(18-6-1)43-35-52(40-19-7-2-8-20-40)60-59(36-43)63-54-28-16-14-25-46(54)48-33-41(30-32-56(48)63)42-29-31-55-49(34-42)51-38-57-50(37-58(51)62(55)45-23-11-4-12-24-45)47-26-13-15-27-53(47)61(57)44-21-9-3-10-22-44/h1-38H. The third kappa shape index (κ3) is 5.59. The molecule has 0 aliphatic heterocycles. The third-order valence-electron chi connectivity index (χ3n) is 12.8. The van der Waals surface area contributed by atoms with E-state index >= 15 is 0 Å². The molecule has 4 heterocycles. The van der Waals surface area contributed by atoms with E-state index in [0.29, 0.717) is 0 Å². The quantitative estimate of drug-likeness (QED) is 0.165. The lowest BCUT2D eigenvalue weighted by Gasteiger charge is -2.13. The lowest BCUT2D eigenvalue weighted by molar-refractivity contribution is 1.08. The molecule has 0 unspecified atom stereocenters. The molecule has 13 aromatic rings. The first kappa shape index (κ1) is 35.3. The van der Waals surface area contributed by atoms with Crippen LogP contribution in [0.15, 0.2) is 231 Å². The summed E-state index contributed by atoms with van der Waals surface area (Å²) in [6.45, 7) is 0. The Kier molecular flexibility index (Phi) is 7.87. The smallest absolute Gasteiger partial charge is 0.138 e. The highest BCUT2D eigenvalue weighted by atomic mass is 15.1. The van der Waals surface area contributed by atoms with Crippen molar-refractivity contribution in [3.8, 4) is 50.7 Å². The molecule has 0 spiro atoms. The second-order valence-corrected chi connectivity index (χ2v) is 16.4. The largest absolute Gasteiger partial charge is 0.309 e. The van der Waals surface area contributed by atoms with E-state index < -0.39 is 0 Å². The second kappa shape index (κ2) is 14.1. The average molecular weight is 803 g/mol. The van der Waals surface area contributed by atoms with Crippen molar-refractivity contribution in [3.63, 3.8) is 0 Å². The monoisotopic (exact) mass is 802 g/mol. The molecule has 4 aromatic heterocycles. The van der Waals surface area contributed by atoms with Gasteiger partial charge in [-0.25, -0.2) is 4.98 Å². The Hall–Kier alpha value is -8.47. The van der Waals surface area contributed by atoms with E-state index in [4.69, 9.17) is 4.98 Å². The molecule has 0 N–H and O–H groups in total. The normalized spacial score (nSPS) is 11.8. The van der Waals surface area contributed by atoms with E-state index in [1.54, 1.807) is 0 Å². The molecule has 13 rings (SSSR count). The summed E-state index contributed by atoms with van der Waals surface area (Å²) in [5, 5.41) is 7.31. The Morgan fingerprint density at radius 3 is 1.22 bits per heavy atom.